The van der Waals surface area contributed by atoms with Gasteiger partial charge >= 0.3 is 0 Å². The van der Waals surface area contributed by atoms with Gasteiger partial charge in [-0.1, -0.05) is 38.1 Å². The van der Waals surface area contributed by atoms with Gasteiger partial charge in [0.15, 0.2) is 0 Å². The Kier molecular flexibility index (Phi) is 5.90. The maximum absolute atomic E-state index is 12.6. The first-order valence-electron chi connectivity index (χ1n) is 9.44. The minimum absolute atomic E-state index is 0.251. The Balaban J connectivity index is 1.47. The Morgan fingerprint density at radius 2 is 1.71 bits per heavy atom. The normalized spacial score (nSPS) is 20.5. The monoisotopic (exact) mass is 329 g/mol. The second-order valence-corrected chi connectivity index (χ2v) is 7.52. The van der Waals surface area contributed by atoms with Crippen LogP contribution < -0.4 is 5.32 Å². The summed E-state index contributed by atoms with van der Waals surface area (Å²) in [6.07, 6.45) is 2.00. The third kappa shape index (κ3) is 4.37. The molecule has 0 aromatic heterocycles. The molecule has 0 saturated carbocycles. The number of carbonyl (C=O) groups excluding carboxylic acids is 1. The Morgan fingerprint density at radius 1 is 1.08 bits per heavy atom. The van der Waals surface area contributed by atoms with Crippen molar-refractivity contribution in [2.45, 2.75) is 39.2 Å². The number of benzene rings is 1. The van der Waals surface area contributed by atoms with Gasteiger partial charge in [-0.3, -0.25) is 9.69 Å². The smallest absolute Gasteiger partial charge is 0.225 e. The fourth-order valence-corrected chi connectivity index (χ4v) is 3.72. The summed E-state index contributed by atoms with van der Waals surface area (Å²) in [4.78, 5) is 17.2. The van der Waals surface area contributed by atoms with Gasteiger partial charge in [0.25, 0.3) is 0 Å². The van der Waals surface area contributed by atoms with E-state index in [9.17, 15) is 4.79 Å². The van der Waals surface area contributed by atoms with Crippen LogP contribution in [-0.4, -0.2) is 55.0 Å². The van der Waals surface area contributed by atoms with Crippen molar-refractivity contribution in [2.24, 2.45) is 5.92 Å². The molecule has 0 unspecified atom stereocenters. The van der Waals surface area contributed by atoms with E-state index in [2.05, 4.69) is 53.2 Å². The van der Waals surface area contributed by atoms with Gasteiger partial charge in [-0.15, -0.1) is 0 Å². The molecule has 2 heterocycles. The maximum Gasteiger partial charge on any atom is 0.225 e. The highest BCUT2D eigenvalue weighted by Gasteiger charge is 2.28. The van der Waals surface area contributed by atoms with Crippen LogP contribution in [0, 0.1) is 5.92 Å². The van der Waals surface area contributed by atoms with E-state index in [1.54, 1.807) is 0 Å². The topological polar surface area (TPSA) is 35.6 Å². The fourth-order valence-electron chi connectivity index (χ4n) is 3.72. The van der Waals surface area contributed by atoms with Crippen molar-refractivity contribution in [1.82, 2.24) is 15.1 Å². The van der Waals surface area contributed by atoms with Gasteiger partial charge < -0.3 is 10.2 Å². The highest BCUT2D eigenvalue weighted by Crippen LogP contribution is 2.18. The third-order valence-corrected chi connectivity index (χ3v) is 5.42. The molecule has 2 fully saturated rings. The number of nitrogens with zero attached hydrogens (tertiary/aromatic N) is 2. The second kappa shape index (κ2) is 8.13. The van der Waals surface area contributed by atoms with E-state index in [1.165, 1.54) is 11.1 Å². The Labute approximate surface area is 146 Å². The number of piperidine rings is 1. The summed E-state index contributed by atoms with van der Waals surface area (Å²) in [6.45, 7) is 11.2. The summed E-state index contributed by atoms with van der Waals surface area (Å²) in [5.74, 6) is 1.22. The van der Waals surface area contributed by atoms with E-state index in [4.69, 9.17) is 0 Å². The fraction of sp³-hybridized carbons (Fsp3) is 0.650. The van der Waals surface area contributed by atoms with Crippen LogP contribution >= 0.6 is 0 Å². The van der Waals surface area contributed by atoms with Crippen molar-refractivity contribution >= 4 is 5.91 Å². The zero-order chi connectivity index (χ0) is 16.9. The molecule has 1 N–H and O–H groups in total. The number of nitrogens with one attached hydrogen (secondary N) is 1. The zero-order valence-electron chi connectivity index (χ0n) is 15.1. The Morgan fingerprint density at radius 3 is 2.29 bits per heavy atom. The molecule has 0 bridgehead atoms. The summed E-state index contributed by atoms with van der Waals surface area (Å²) < 4.78 is 0. The van der Waals surface area contributed by atoms with Crippen molar-refractivity contribution in [2.75, 3.05) is 39.3 Å². The molecule has 132 valence electrons. The second-order valence-electron chi connectivity index (χ2n) is 7.52. The standard InChI is InChI=1S/C20H31N3O/c1-16(2)18-5-3-17(4-6-18)15-22-11-13-23(14-12-22)20(24)19-7-9-21-10-8-19/h3-6,16,19,21H,7-15H2,1-2H3. The SMILES string of the molecule is CC(C)c1ccc(CN2CCN(C(=O)C3CCNCC3)CC2)cc1. The number of carbonyl (C=O) groups is 1. The van der Waals surface area contributed by atoms with E-state index >= 15 is 0 Å². The predicted octanol–water partition coefficient (Wildman–Crippen LogP) is 2.45. The van der Waals surface area contributed by atoms with Crippen LogP contribution in [0.1, 0.15) is 43.7 Å². The number of piperazine rings is 1. The molecule has 1 aromatic carbocycles. The molecule has 24 heavy (non-hydrogen) atoms. The van der Waals surface area contributed by atoms with E-state index in [-0.39, 0.29) is 5.92 Å². The molecule has 3 rings (SSSR count). The number of rotatable bonds is 4. The lowest BCUT2D eigenvalue weighted by Gasteiger charge is -2.37. The number of hydrogen-bond donors (Lipinski definition) is 1. The highest BCUT2D eigenvalue weighted by molar-refractivity contribution is 5.79. The molecule has 2 saturated heterocycles. The maximum atomic E-state index is 12.6. The molecule has 4 nitrogen and oxygen atoms in total. The van der Waals surface area contributed by atoms with Crippen molar-refractivity contribution < 1.29 is 4.79 Å². The average molecular weight is 329 g/mol. The Bertz CT molecular complexity index is 526. The lowest BCUT2D eigenvalue weighted by Crippen LogP contribution is -2.51. The summed E-state index contributed by atoms with van der Waals surface area (Å²) in [7, 11) is 0. The minimum atomic E-state index is 0.251. The van der Waals surface area contributed by atoms with Crippen molar-refractivity contribution in [1.29, 1.82) is 0 Å². The first-order chi connectivity index (χ1) is 11.6. The zero-order valence-corrected chi connectivity index (χ0v) is 15.1. The molecular weight excluding hydrogens is 298 g/mol. The van der Waals surface area contributed by atoms with Gasteiger partial charge in [-0.05, 0) is 43.0 Å². The third-order valence-electron chi connectivity index (χ3n) is 5.42. The number of hydrogen-bond acceptors (Lipinski definition) is 3. The van der Waals surface area contributed by atoms with Crippen LogP contribution in [0.25, 0.3) is 0 Å². The average Bonchev–Trinajstić information content (AvgIpc) is 2.63. The van der Waals surface area contributed by atoms with Gasteiger partial charge in [0.05, 0.1) is 0 Å². The van der Waals surface area contributed by atoms with Gasteiger partial charge in [-0.2, -0.15) is 0 Å². The molecule has 1 amide bonds. The molecule has 1 aromatic rings. The molecule has 0 atom stereocenters. The lowest BCUT2D eigenvalue weighted by molar-refractivity contribution is -0.138. The molecule has 2 aliphatic heterocycles. The summed E-state index contributed by atoms with van der Waals surface area (Å²) in [5, 5.41) is 3.34. The first kappa shape index (κ1) is 17.4. The summed E-state index contributed by atoms with van der Waals surface area (Å²) in [5.41, 5.74) is 2.77. The van der Waals surface area contributed by atoms with Crippen LogP contribution in [0.15, 0.2) is 24.3 Å². The Hall–Kier alpha value is -1.39. The summed E-state index contributed by atoms with van der Waals surface area (Å²) >= 11 is 0. The highest BCUT2D eigenvalue weighted by atomic mass is 16.2. The molecular formula is C20H31N3O. The van der Waals surface area contributed by atoms with Crippen LogP contribution in [0.5, 0.6) is 0 Å². The molecule has 2 aliphatic rings. The van der Waals surface area contributed by atoms with Crippen molar-refractivity contribution in [3.63, 3.8) is 0 Å². The quantitative estimate of drug-likeness (QED) is 0.922. The van der Waals surface area contributed by atoms with Crippen molar-refractivity contribution in [3.05, 3.63) is 35.4 Å². The number of amides is 1. The van der Waals surface area contributed by atoms with E-state index in [0.717, 1.165) is 58.7 Å². The van der Waals surface area contributed by atoms with Gasteiger partial charge in [-0.25, -0.2) is 0 Å². The van der Waals surface area contributed by atoms with Crippen molar-refractivity contribution in [3.8, 4) is 0 Å². The minimum Gasteiger partial charge on any atom is -0.340 e. The first-order valence-corrected chi connectivity index (χ1v) is 9.44. The molecule has 0 radical (unpaired) electrons. The predicted molar refractivity (Wildman–Crippen MR) is 98.0 cm³/mol. The van der Waals surface area contributed by atoms with Crippen LogP contribution in [0.4, 0.5) is 0 Å². The van der Waals surface area contributed by atoms with E-state index in [0.29, 0.717) is 11.8 Å². The molecule has 0 spiro atoms. The van der Waals surface area contributed by atoms with Gasteiger partial charge in [0.2, 0.25) is 5.91 Å². The molecule has 4 heteroatoms. The molecule has 0 aliphatic carbocycles. The summed E-state index contributed by atoms with van der Waals surface area (Å²) in [6, 6.07) is 9.00. The van der Waals surface area contributed by atoms with Crippen LogP contribution in [0.2, 0.25) is 0 Å². The largest absolute Gasteiger partial charge is 0.340 e. The lowest BCUT2D eigenvalue weighted by atomic mass is 9.96. The van der Waals surface area contributed by atoms with Crippen LogP contribution in [0.3, 0.4) is 0 Å². The van der Waals surface area contributed by atoms with Gasteiger partial charge in [0.1, 0.15) is 0 Å². The van der Waals surface area contributed by atoms with Gasteiger partial charge in [0, 0.05) is 38.6 Å². The van der Waals surface area contributed by atoms with Crippen LogP contribution in [-0.2, 0) is 11.3 Å². The van der Waals surface area contributed by atoms with E-state index in [1.807, 2.05) is 0 Å². The van der Waals surface area contributed by atoms with E-state index < -0.39 is 0 Å².